The lowest BCUT2D eigenvalue weighted by atomic mass is 9.79. The molecule has 0 aliphatic heterocycles. The van der Waals surface area contributed by atoms with Gasteiger partial charge in [0.1, 0.15) is 5.69 Å². The summed E-state index contributed by atoms with van der Waals surface area (Å²) in [6, 6.07) is 0. The lowest BCUT2D eigenvalue weighted by molar-refractivity contribution is -0.0109. The van der Waals surface area contributed by atoms with Crippen molar-refractivity contribution in [2.24, 2.45) is 5.92 Å². The molecular weight excluding hydrogens is 218 g/mol. The van der Waals surface area contributed by atoms with Crippen molar-refractivity contribution in [2.45, 2.75) is 38.2 Å². The number of nitrogens with one attached hydrogen (secondary N) is 2. The van der Waals surface area contributed by atoms with Gasteiger partial charge in [0.05, 0.1) is 18.1 Å². The van der Waals surface area contributed by atoms with Crippen molar-refractivity contribution in [3.05, 3.63) is 18.2 Å². The first kappa shape index (κ1) is 12.1. The Bertz CT molecular complexity index is 377. The summed E-state index contributed by atoms with van der Waals surface area (Å²) >= 11 is 0. The Morgan fingerprint density at radius 2 is 2.59 bits per heavy atom. The fourth-order valence-electron chi connectivity index (χ4n) is 2.51. The Morgan fingerprint density at radius 3 is 3.24 bits per heavy atom. The SMILES string of the molecule is CC1CCCC(O)(CNC(=O)c2cnc[nH]2)C1. The van der Waals surface area contributed by atoms with Crippen LogP contribution in [0.2, 0.25) is 0 Å². The quantitative estimate of drug-likeness (QED) is 0.736. The number of hydrogen-bond acceptors (Lipinski definition) is 3. The van der Waals surface area contributed by atoms with E-state index >= 15 is 0 Å². The molecule has 1 saturated carbocycles. The lowest BCUT2D eigenvalue weighted by Crippen LogP contribution is -2.45. The van der Waals surface area contributed by atoms with E-state index in [-0.39, 0.29) is 5.91 Å². The summed E-state index contributed by atoms with van der Waals surface area (Å²) in [6.07, 6.45) is 6.65. The molecule has 0 bridgehead atoms. The van der Waals surface area contributed by atoms with Crippen molar-refractivity contribution in [2.75, 3.05) is 6.54 Å². The molecule has 94 valence electrons. The van der Waals surface area contributed by atoms with Crippen molar-refractivity contribution >= 4 is 5.91 Å². The summed E-state index contributed by atoms with van der Waals surface area (Å²) in [4.78, 5) is 18.2. The maximum absolute atomic E-state index is 11.7. The van der Waals surface area contributed by atoms with Crippen LogP contribution in [0.1, 0.15) is 43.1 Å². The third kappa shape index (κ3) is 3.06. The van der Waals surface area contributed by atoms with Crippen molar-refractivity contribution < 1.29 is 9.90 Å². The van der Waals surface area contributed by atoms with E-state index in [9.17, 15) is 9.90 Å². The summed E-state index contributed by atoms with van der Waals surface area (Å²) in [5.74, 6) is 0.312. The van der Waals surface area contributed by atoms with Gasteiger partial charge in [-0.2, -0.15) is 0 Å². The van der Waals surface area contributed by atoms with Gasteiger partial charge in [-0.1, -0.05) is 19.8 Å². The lowest BCUT2D eigenvalue weighted by Gasteiger charge is -2.35. The van der Waals surface area contributed by atoms with Crippen molar-refractivity contribution in [3.63, 3.8) is 0 Å². The van der Waals surface area contributed by atoms with Gasteiger partial charge in [0.15, 0.2) is 0 Å². The van der Waals surface area contributed by atoms with Crippen LogP contribution >= 0.6 is 0 Å². The fraction of sp³-hybridized carbons (Fsp3) is 0.667. The molecule has 5 heteroatoms. The Balaban J connectivity index is 1.87. The molecule has 2 atom stereocenters. The van der Waals surface area contributed by atoms with Crippen LogP contribution in [-0.2, 0) is 0 Å². The van der Waals surface area contributed by atoms with Crippen LogP contribution in [0.4, 0.5) is 0 Å². The maximum Gasteiger partial charge on any atom is 0.269 e. The molecule has 17 heavy (non-hydrogen) atoms. The number of aromatic nitrogens is 2. The minimum Gasteiger partial charge on any atom is -0.388 e. The molecule has 2 unspecified atom stereocenters. The maximum atomic E-state index is 11.7. The Morgan fingerprint density at radius 1 is 1.76 bits per heavy atom. The van der Waals surface area contributed by atoms with Gasteiger partial charge >= 0.3 is 0 Å². The summed E-state index contributed by atoms with van der Waals surface area (Å²) < 4.78 is 0. The van der Waals surface area contributed by atoms with Gasteiger partial charge in [-0.15, -0.1) is 0 Å². The second kappa shape index (κ2) is 4.87. The monoisotopic (exact) mass is 237 g/mol. The largest absolute Gasteiger partial charge is 0.388 e. The minimum atomic E-state index is -0.743. The molecule has 1 fully saturated rings. The molecule has 1 aromatic rings. The Kier molecular flexibility index (Phi) is 3.47. The number of aliphatic hydroxyl groups is 1. The molecule has 5 nitrogen and oxygen atoms in total. The molecule has 1 aromatic heterocycles. The number of carbonyl (C=O) groups excluding carboxylic acids is 1. The highest BCUT2D eigenvalue weighted by Crippen LogP contribution is 2.31. The van der Waals surface area contributed by atoms with Crippen LogP contribution in [0.25, 0.3) is 0 Å². The van der Waals surface area contributed by atoms with Gasteiger partial charge < -0.3 is 15.4 Å². The highest BCUT2D eigenvalue weighted by atomic mass is 16.3. The Labute approximate surface area is 101 Å². The van der Waals surface area contributed by atoms with E-state index in [0.717, 1.165) is 25.7 Å². The van der Waals surface area contributed by atoms with Crippen LogP contribution < -0.4 is 5.32 Å². The number of amides is 1. The summed E-state index contributed by atoms with van der Waals surface area (Å²) in [5.41, 5.74) is -0.315. The number of rotatable bonds is 3. The van der Waals surface area contributed by atoms with Gasteiger partial charge in [0, 0.05) is 6.54 Å². The van der Waals surface area contributed by atoms with E-state index in [0.29, 0.717) is 18.2 Å². The van der Waals surface area contributed by atoms with Gasteiger partial charge in [-0.25, -0.2) is 4.98 Å². The van der Waals surface area contributed by atoms with Gasteiger partial charge in [0.2, 0.25) is 0 Å². The molecule has 0 spiro atoms. The highest BCUT2D eigenvalue weighted by molar-refractivity contribution is 5.91. The average Bonchev–Trinajstić information content (AvgIpc) is 2.79. The van der Waals surface area contributed by atoms with Gasteiger partial charge in [-0.05, 0) is 18.8 Å². The third-order valence-corrected chi connectivity index (χ3v) is 3.39. The molecule has 0 saturated heterocycles. The van der Waals surface area contributed by atoms with E-state index in [2.05, 4.69) is 22.2 Å². The smallest absolute Gasteiger partial charge is 0.269 e. The zero-order valence-electron chi connectivity index (χ0n) is 10.1. The predicted octanol–water partition coefficient (Wildman–Crippen LogP) is 1.08. The van der Waals surface area contributed by atoms with E-state index in [1.165, 1.54) is 12.5 Å². The zero-order chi connectivity index (χ0) is 12.3. The molecule has 1 aliphatic carbocycles. The number of nitrogens with zero attached hydrogens (tertiary/aromatic N) is 1. The highest BCUT2D eigenvalue weighted by Gasteiger charge is 2.32. The van der Waals surface area contributed by atoms with Crippen LogP contribution in [0.15, 0.2) is 12.5 Å². The summed E-state index contributed by atoms with van der Waals surface area (Å²) in [5, 5.41) is 13.1. The number of imidazole rings is 1. The molecule has 0 aromatic carbocycles. The topological polar surface area (TPSA) is 78.0 Å². The second-order valence-electron chi connectivity index (χ2n) is 5.07. The third-order valence-electron chi connectivity index (χ3n) is 3.39. The molecule has 1 amide bonds. The van der Waals surface area contributed by atoms with E-state index < -0.39 is 5.60 Å². The summed E-state index contributed by atoms with van der Waals surface area (Å²) in [6.45, 7) is 2.45. The van der Waals surface area contributed by atoms with Gasteiger partial charge in [-0.3, -0.25) is 4.79 Å². The molecule has 1 heterocycles. The predicted molar refractivity (Wildman–Crippen MR) is 63.5 cm³/mol. The van der Waals surface area contributed by atoms with E-state index in [1.807, 2.05) is 0 Å². The zero-order valence-corrected chi connectivity index (χ0v) is 10.1. The number of H-pyrrole nitrogens is 1. The van der Waals surface area contributed by atoms with Gasteiger partial charge in [0.25, 0.3) is 5.91 Å². The number of hydrogen-bond donors (Lipinski definition) is 3. The van der Waals surface area contributed by atoms with Crippen molar-refractivity contribution in [1.29, 1.82) is 0 Å². The first-order valence-electron chi connectivity index (χ1n) is 6.08. The molecule has 3 N–H and O–H groups in total. The molecule has 2 rings (SSSR count). The van der Waals surface area contributed by atoms with Crippen LogP contribution in [0.5, 0.6) is 0 Å². The van der Waals surface area contributed by atoms with Crippen molar-refractivity contribution in [3.8, 4) is 0 Å². The number of carbonyl (C=O) groups is 1. The molecule has 1 aliphatic rings. The molecular formula is C12H19N3O2. The number of aromatic amines is 1. The van der Waals surface area contributed by atoms with Crippen LogP contribution in [0.3, 0.4) is 0 Å². The van der Waals surface area contributed by atoms with Crippen LogP contribution in [-0.4, -0.2) is 33.1 Å². The van der Waals surface area contributed by atoms with E-state index in [4.69, 9.17) is 0 Å². The van der Waals surface area contributed by atoms with Crippen molar-refractivity contribution in [1.82, 2.24) is 15.3 Å². The first-order valence-corrected chi connectivity index (χ1v) is 6.08. The normalized spacial score (nSPS) is 28.9. The van der Waals surface area contributed by atoms with Crippen LogP contribution in [0, 0.1) is 5.92 Å². The standard InChI is InChI=1S/C12H19N3O2/c1-9-3-2-4-12(17,5-9)7-14-11(16)10-6-13-8-15-10/h6,8-9,17H,2-5,7H2,1H3,(H,13,15)(H,14,16). The minimum absolute atomic E-state index is 0.214. The Hall–Kier alpha value is -1.36. The molecule has 0 radical (unpaired) electrons. The first-order chi connectivity index (χ1) is 8.09. The average molecular weight is 237 g/mol. The second-order valence-corrected chi connectivity index (χ2v) is 5.07. The summed E-state index contributed by atoms with van der Waals surface area (Å²) in [7, 11) is 0. The van der Waals surface area contributed by atoms with E-state index in [1.54, 1.807) is 0 Å². The fourth-order valence-corrected chi connectivity index (χ4v) is 2.51.